The van der Waals surface area contributed by atoms with Gasteiger partial charge < -0.3 is 10.6 Å². The molecule has 0 atom stereocenters. The summed E-state index contributed by atoms with van der Waals surface area (Å²) in [6, 6.07) is 0.429. The first-order valence-corrected chi connectivity index (χ1v) is 6.48. The minimum absolute atomic E-state index is 0.0316. The molecule has 1 saturated carbocycles. The van der Waals surface area contributed by atoms with Gasteiger partial charge in [0.15, 0.2) is 5.13 Å². The summed E-state index contributed by atoms with van der Waals surface area (Å²) in [5.41, 5.74) is 6.04. The van der Waals surface area contributed by atoms with Crippen LogP contribution in [0, 0.1) is 5.92 Å². The van der Waals surface area contributed by atoms with E-state index in [1.807, 2.05) is 4.90 Å². The van der Waals surface area contributed by atoms with Crippen molar-refractivity contribution >= 4 is 22.4 Å². The van der Waals surface area contributed by atoms with E-state index in [-0.39, 0.29) is 5.91 Å². The molecule has 1 aromatic rings. The zero-order chi connectivity index (χ0) is 11.7. The highest BCUT2D eigenvalue weighted by Crippen LogP contribution is 2.29. The lowest BCUT2D eigenvalue weighted by Crippen LogP contribution is -2.36. The summed E-state index contributed by atoms with van der Waals surface area (Å²) in [6.45, 7) is 5.05. The molecule has 0 unspecified atom stereocenters. The van der Waals surface area contributed by atoms with Crippen LogP contribution in [0.3, 0.4) is 0 Å². The van der Waals surface area contributed by atoms with Crippen molar-refractivity contribution in [3.8, 4) is 0 Å². The Balaban J connectivity index is 2.10. The molecule has 1 aliphatic rings. The van der Waals surface area contributed by atoms with Gasteiger partial charge in [0.25, 0.3) is 5.91 Å². The third-order valence-electron chi connectivity index (χ3n) is 2.55. The lowest BCUT2D eigenvalue weighted by atomic mass is 10.2. The summed E-state index contributed by atoms with van der Waals surface area (Å²) >= 11 is 1.32. The minimum Gasteiger partial charge on any atom is -0.375 e. The number of rotatable bonds is 4. The molecule has 88 valence electrons. The summed E-state index contributed by atoms with van der Waals surface area (Å²) in [7, 11) is 0. The Kier molecular flexibility index (Phi) is 3.14. The Morgan fingerprint density at radius 1 is 1.69 bits per heavy atom. The predicted octanol–water partition coefficient (Wildman–Crippen LogP) is 1.99. The molecule has 2 rings (SSSR count). The van der Waals surface area contributed by atoms with E-state index in [2.05, 4.69) is 18.8 Å². The van der Waals surface area contributed by atoms with E-state index in [4.69, 9.17) is 5.73 Å². The van der Waals surface area contributed by atoms with E-state index < -0.39 is 0 Å². The number of thiazole rings is 1. The molecule has 1 fully saturated rings. The molecule has 0 bridgehead atoms. The van der Waals surface area contributed by atoms with Gasteiger partial charge in [-0.1, -0.05) is 13.8 Å². The Morgan fingerprint density at radius 3 is 2.81 bits per heavy atom. The first-order chi connectivity index (χ1) is 7.58. The molecular formula is C11H17N3OS. The topological polar surface area (TPSA) is 59.2 Å². The van der Waals surface area contributed by atoms with Crippen LogP contribution >= 0.6 is 11.3 Å². The summed E-state index contributed by atoms with van der Waals surface area (Å²) < 4.78 is 0. The van der Waals surface area contributed by atoms with Crippen LogP contribution < -0.4 is 5.73 Å². The van der Waals surface area contributed by atoms with Crippen molar-refractivity contribution in [1.82, 2.24) is 9.88 Å². The van der Waals surface area contributed by atoms with Gasteiger partial charge in [0.1, 0.15) is 5.69 Å². The first kappa shape index (κ1) is 11.4. The zero-order valence-corrected chi connectivity index (χ0v) is 10.5. The number of anilines is 1. The Morgan fingerprint density at radius 2 is 2.38 bits per heavy atom. The average Bonchev–Trinajstić information content (AvgIpc) is 2.96. The number of carbonyl (C=O) groups excluding carboxylic acids is 1. The number of nitrogens with zero attached hydrogens (tertiary/aromatic N) is 2. The van der Waals surface area contributed by atoms with Gasteiger partial charge in [-0.15, -0.1) is 11.3 Å². The molecule has 1 aromatic heterocycles. The van der Waals surface area contributed by atoms with E-state index in [9.17, 15) is 4.79 Å². The smallest absolute Gasteiger partial charge is 0.273 e. The summed E-state index contributed by atoms with van der Waals surface area (Å²) in [6.07, 6.45) is 2.25. The fourth-order valence-corrected chi connectivity index (χ4v) is 2.25. The second kappa shape index (κ2) is 4.41. The Labute approximate surface area is 99.5 Å². The highest BCUT2D eigenvalue weighted by atomic mass is 32.1. The number of amides is 1. The van der Waals surface area contributed by atoms with Crippen LogP contribution in [0.4, 0.5) is 5.13 Å². The molecule has 0 aliphatic heterocycles. The van der Waals surface area contributed by atoms with Crippen molar-refractivity contribution in [2.45, 2.75) is 32.7 Å². The molecule has 0 aromatic carbocycles. The highest BCUT2D eigenvalue weighted by Gasteiger charge is 2.34. The van der Waals surface area contributed by atoms with Gasteiger partial charge in [0, 0.05) is 18.0 Å². The van der Waals surface area contributed by atoms with Crippen LogP contribution in [0.15, 0.2) is 5.38 Å². The minimum atomic E-state index is 0.0316. The third kappa shape index (κ3) is 2.52. The van der Waals surface area contributed by atoms with Crippen LogP contribution in [0.2, 0.25) is 0 Å². The number of aromatic nitrogens is 1. The molecule has 5 heteroatoms. The first-order valence-electron chi connectivity index (χ1n) is 5.60. The zero-order valence-electron chi connectivity index (χ0n) is 9.64. The van der Waals surface area contributed by atoms with Gasteiger partial charge in [-0.2, -0.15) is 0 Å². The van der Waals surface area contributed by atoms with E-state index in [1.54, 1.807) is 5.38 Å². The van der Waals surface area contributed by atoms with Crippen molar-refractivity contribution < 1.29 is 4.79 Å². The van der Waals surface area contributed by atoms with Gasteiger partial charge in [0.2, 0.25) is 0 Å². The van der Waals surface area contributed by atoms with Crippen molar-refractivity contribution in [2.24, 2.45) is 5.92 Å². The molecule has 4 nitrogen and oxygen atoms in total. The molecule has 16 heavy (non-hydrogen) atoms. The normalized spacial score (nSPS) is 15.4. The lowest BCUT2D eigenvalue weighted by molar-refractivity contribution is 0.0717. The maximum absolute atomic E-state index is 12.2. The van der Waals surface area contributed by atoms with Gasteiger partial charge >= 0.3 is 0 Å². The average molecular weight is 239 g/mol. The van der Waals surface area contributed by atoms with E-state index in [0.29, 0.717) is 22.8 Å². The number of nitrogen functional groups attached to an aromatic ring is 1. The predicted molar refractivity (Wildman–Crippen MR) is 65.4 cm³/mol. The van der Waals surface area contributed by atoms with Crippen LogP contribution in [-0.2, 0) is 0 Å². The van der Waals surface area contributed by atoms with E-state index in [0.717, 1.165) is 19.4 Å². The van der Waals surface area contributed by atoms with Crippen molar-refractivity contribution in [2.75, 3.05) is 12.3 Å². The van der Waals surface area contributed by atoms with Crippen molar-refractivity contribution in [3.63, 3.8) is 0 Å². The van der Waals surface area contributed by atoms with Gasteiger partial charge in [0.05, 0.1) is 0 Å². The maximum atomic E-state index is 12.2. The van der Waals surface area contributed by atoms with Crippen LogP contribution in [0.5, 0.6) is 0 Å². The Bertz CT molecular complexity index is 384. The molecule has 0 spiro atoms. The largest absolute Gasteiger partial charge is 0.375 e. The van der Waals surface area contributed by atoms with Crippen LogP contribution in [-0.4, -0.2) is 28.4 Å². The fraction of sp³-hybridized carbons (Fsp3) is 0.636. The molecule has 1 heterocycles. The summed E-state index contributed by atoms with van der Waals surface area (Å²) in [5.74, 6) is 0.518. The molecule has 0 saturated heterocycles. The quantitative estimate of drug-likeness (QED) is 0.874. The number of hydrogen-bond donors (Lipinski definition) is 1. The molecule has 1 aliphatic carbocycles. The van der Waals surface area contributed by atoms with Gasteiger partial charge in [-0.05, 0) is 18.8 Å². The van der Waals surface area contributed by atoms with Gasteiger partial charge in [-0.3, -0.25) is 4.79 Å². The van der Waals surface area contributed by atoms with Gasteiger partial charge in [-0.25, -0.2) is 4.98 Å². The number of hydrogen-bond acceptors (Lipinski definition) is 4. The standard InChI is InChI=1S/C11H17N3OS/c1-7(2)5-14(8-3-4-8)10(15)9-6-16-11(12)13-9/h6-8H,3-5H2,1-2H3,(H2,12,13). The number of carbonyl (C=O) groups is 1. The summed E-state index contributed by atoms with van der Waals surface area (Å²) in [5, 5.41) is 2.21. The highest BCUT2D eigenvalue weighted by molar-refractivity contribution is 7.13. The van der Waals surface area contributed by atoms with Crippen LogP contribution in [0.1, 0.15) is 37.2 Å². The second-order valence-electron chi connectivity index (χ2n) is 4.65. The second-order valence-corrected chi connectivity index (χ2v) is 5.54. The van der Waals surface area contributed by atoms with Crippen molar-refractivity contribution in [3.05, 3.63) is 11.1 Å². The molecule has 1 amide bonds. The molecule has 0 radical (unpaired) electrons. The maximum Gasteiger partial charge on any atom is 0.273 e. The Hall–Kier alpha value is -1.10. The lowest BCUT2D eigenvalue weighted by Gasteiger charge is -2.23. The van der Waals surface area contributed by atoms with Crippen molar-refractivity contribution in [1.29, 1.82) is 0 Å². The SMILES string of the molecule is CC(C)CN(C(=O)c1csc(N)n1)C1CC1. The molecule has 2 N–H and O–H groups in total. The van der Waals surface area contributed by atoms with E-state index >= 15 is 0 Å². The molecular weight excluding hydrogens is 222 g/mol. The van der Waals surface area contributed by atoms with E-state index in [1.165, 1.54) is 11.3 Å². The summed E-state index contributed by atoms with van der Waals surface area (Å²) in [4.78, 5) is 18.2. The number of nitrogens with two attached hydrogens (primary N) is 1. The monoisotopic (exact) mass is 239 g/mol. The van der Waals surface area contributed by atoms with Crippen LogP contribution in [0.25, 0.3) is 0 Å². The fourth-order valence-electron chi connectivity index (χ4n) is 1.71. The third-order valence-corrected chi connectivity index (χ3v) is 3.23.